The average molecular weight is 302 g/mol. The van der Waals surface area contributed by atoms with Gasteiger partial charge < -0.3 is 9.72 Å². The Bertz CT molecular complexity index is 696. The number of hydrogen-bond donors (Lipinski definition) is 1. The predicted octanol–water partition coefficient (Wildman–Crippen LogP) is 2.61. The Hall–Kier alpha value is -2.34. The van der Waals surface area contributed by atoms with Crippen LogP contribution in [0.1, 0.15) is 6.92 Å². The van der Waals surface area contributed by atoms with Gasteiger partial charge >= 0.3 is 5.97 Å². The van der Waals surface area contributed by atoms with Crippen molar-refractivity contribution in [3.05, 3.63) is 58.2 Å². The number of esters is 1. The van der Waals surface area contributed by atoms with E-state index in [-0.39, 0.29) is 5.56 Å². The third-order valence-corrected chi connectivity index (χ3v) is 3.15. The molecule has 1 N–H and O–H groups in total. The number of hydrogen-bond acceptors (Lipinski definition) is 5. The van der Waals surface area contributed by atoms with Crippen LogP contribution in [-0.4, -0.2) is 22.5 Å². The van der Waals surface area contributed by atoms with Crippen LogP contribution in [0, 0.1) is 0 Å². The number of thioether (sulfide) groups is 1. The van der Waals surface area contributed by atoms with Crippen LogP contribution < -0.4 is 5.56 Å². The molecule has 0 atom stereocenters. The van der Waals surface area contributed by atoms with E-state index in [0.717, 1.165) is 17.3 Å². The molecule has 2 aromatic rings. The predicted molar refractivity (Wildman–Crippen MR) is 81.9 cm³/mol. The van der Waals surface area contributed by atoms with Crippen LogP contribution in [0.15, 0.2) is 57.8 Å². The first-order valence-corrected chi connectivity index (χ1v) is 7.23. The van der Waals surface area contributed by atoms with Gasteiger partial charge in [0.05, 0.1) is 12.3 Å². The summed E-state index contributed by atoms with van der Waals surface area (Å²) in [6.07, 6.45) is 1.29. The Morgan fingerprint density at radius 3 is 2.86 bits per heavy atom. The van der Waals surface area contributed by atoms with E-state index in [1.165, 1.54) is 17.6 Å². The maximum absolute atomic E-state index is 11.7. The summed E-state index contributed by atoms with van der Waals surface area (Å²) in [5, 5.41) is 1.95. The van der Waals surface area contributed by atoms with E-state index >= 15 is 0 Å². The zero-order valence-electron chi connectivity index (χ0n) is 11.4. The molecule has 5 nitrogen and oxygen atoms in total. The standard InChI is InChI=1S/C15H14N2O3S/c1-2-20-14(19)8-9-21-15-16-12(10-13(18)17-15)11-6-4-3-5-7-11/h3-10H,2H2,1H3,(H,16,17,18)/b9-8+. The summed E-state index contributed by atoms with van der Waals surface area (Å²) >= 11 is 1.15. The first-order valence-electron chi connectivity index (χ1n) is 6.36. The fraction of sp³-hybridized carbons (Fsp3) is 0.133. The smallest absolute Gasteiger partial charge is 0.331 e. The summed E-state index contributed by atoms with van der Waals surface area (Å²) in [6.45, 7) is 2.06. The van der Waals surface area contributed by atoms with E-state index < -0.39 is 5.97 Å². The van der Waals surface area contributed by atoms with Crippen LogP contribution in [0.25, 0.3) is 11.3 Å². The third-order valence-electron chi connectivity index (χ3n) is 2.46. The summed E-state index contributed by atoms with van der Waals surface area (Å²) in [5.41, 5.74) is 1.21. The molecule has 0 aliphatic rings. The number of benzene rings is 1. The van der Waals surface area contributed by atoms with Crippen molar-refractivity contribution in [2.45, 2.75) is 12.1 Å². The van der Waals surface area contributed by atoms with Gasteiger partial charge in [0.1, 0.15) is 0 Å². The molecule has 0 aliphatic carbocycles. The minimum Gasteiger partial charge on any atom is -0.463 e. The van der Waals surface area contributed by atoms with E-state index in [1.54, 1.807) is 6.92 Å². The number of aromatic nitrogens is 2. The summed E-state index contributed by atoms with van der Waals surface area (Å²) in [7, 11) is 0. The molecule has 21 heavy (non-hydrogen) atoms. The van der Waals surface area contributed by atoms with Gasteiger partial charge in [0.2, 0.25) is 0 Å². The Morgan fingerprint density at radius 2 is 2.14 bits per heavy atom. The lowest BCUT2D eigenvalue weighted by Crippen LogP contribution is -2.07. The highest BCUT2D eigenvalue weighted by molar-refractivity contribution is 8.02. The third kappa shape index (κ3) is 4.61. The van der Waals surface area contributed by atoms with Gasteiger partial charge in [0.15, 0.2) is 5.16 Å². The van der Waals surface area contributed by atoms with Gasteiger partial charge in [-0.25, -0.2) is 9.78 Å². The molecular formula is C15H14N2O3S. The van der Waals surface area contributed by atoms with Gasteiger partial charge in [-0.1, -0.05) is 42.1 Å². The van der Waals surface area contributed by atoms with Crippen molar-refractivity contribution in [2.75, 3.05) is 6.61 Å². The van der Waals surface area contributed by atoms with Crippen molar-refractivity contribution in [3.8, 4) is 11.3 Å². The lowest BCUT2D eigenvalue weighted by atomic mass is 10.1. The molecule has 0 radical (unpaired) electrons. The number of carbonyl (C=O) groups excluding carboxylic acids is 1. The van der Waals surface area contributed by atoms with E-state index in [1.807, 2.05) is 30.3 Å². The van der Waals surface area contributed by atoms with E-state index in [9.17, 15) is 9.59 Å². The number of ether oxygens (including phenoxy) is 1. The zero-order valence-corrected chi connectivity index (χ0v) is 12.2. The maximum atomic E-state index is 11.7. The normalized spacial score (nSPS) is 10.7. The molecule has 108 valence electrons. The molecule has 0 unspecified atom stereocenters. The fourth-order valence-electron chi connectivity index (χ4n) is 1.59. The number of carbonyl (C=O) groups is 1. The van der Waals surface area contributed by atoms with E-state index in [4.69, 9.17) is 4.74 Å². The monoisotopic (exact) mass is 302 g/mol. The van der Waals surface area contributed by atoms with Gasteiger partial charge in [0, 0.05) is 17.7 Å². The molecule has 2 rings (SSSR count). The van der Waals surface area contributed by atoms with Crippen molar-refractivity contribution >= 4 is 17.7 Å². The molecule has 0 aliphatic heterocycles. The molecule has 1 heterocycles. The second-order valence-electron chi connectivity index (χ2n) is 3.97. The quantitative estimate of drug-likeness (QED) is 0.398. The van der Waals surface area contributed by atoms with E-state index in [0.29, 0.717) is 17.5 Å². The molecule has 0 fully saturated rings. The average Bonchev–Trinajstić information content (AvgIpc) is 2.48. The Kier molecular flexibility index (Phi) is 5.34. The minimum absolute atomic E-state index is 0.240. The number of aromatic amines is 1. The maximum Gasteiger partial charge on any atom is 0.331 e. The van der Waals surface area contributed by atoms with Crippen LogP contribution in [0.3, 0.4) is 0 Å². The van der Waals surface area contributed by atoms with Crippen molar-refractivity contribution < 1.29 is 9.53 Å². The molecule has 0 amide bonds. The highest BCUT2D eigenvalue weighted by Crippen LogP contribution is 2.18. The molecule has 1 aromatic carbocycles. The van der Waals surface area contributed by atoms with Gasteiger partial charge in [-0.15, -0.1) is 0 Å². The van der Waals surface area contributed by atoms with Gasteiger partial charge in [-0.05, 0) is 12.3 Å². The van der Waals surface area contributed by atoms with E-state index in [2.05, 4.69) is 9.97 Å². The molecule has 6 heteroatoms. The van der Waals surface area contributed by atoms with Gasteiger partial charge in [0.25, 0.3) is 5.56 Å². The lowest BCUT2D eigenvalue weighted by Gasteiger charge is -2.02. The first-order chi connectivity index (χ1) is 10.2. The van der Waals surface area contributed by atoms with Gasteiger partial charge in [-0.2, -0.15) is 0 Å². The van der Waals surface area contributed by atoms with Crippen LogP contribution in [0.2, 0.25) is 0 Å². The number of H-pyrrole nitrogens is 1. The summed E-state index contributed by atoms with van der Waals surface area (Å²) < 4.78 is 4.77. The second-order valence-corrected chi connectivity index (χ2v) is 4.87. The zero-order chi connectivity index (χ0) is 15.1. The summed E-state index contributed by atoms with van der Waals surface area (Å²) in [5.74, 6) is -0.424. The SMILES string of the molecule is CCOC(=O)/C=C/Sc1nc(-c2ccccc2)cc(=O)[nH]1. The van der Waals surface area contributed by atoms with Gasteiger partial charge in [-0.3, -0.25) is 4.79 Å². The van der Waals surface area contributed by atoms with Crippen molar-refractivity contribution in [1.29, 1.82) is 0 Å². The Balaban J connectivity index is 2.16. The number of rotatable bonds is 5. The Labute approximate surface area is 126 Å². The van der Waals surface area contributed by atoms with Crippen molar-refractivity contribution in [2.24, 2.45) is 0 Å². The van der Waals surface area contributed by atoms with Crippen molar-refractivity contribution in [3.63, 3.8) is 0 Å². The summed E-state index contributed by atoms with van der Waals surface area (Å²) in [4.78, 5) is 29.8. The highest BCUT2D eigenvalue weighted by Gasteiger charge is 2.03. The molecule has 1 aromatic heterocycles. The number of nitrogens with one attached hydrogen (secondary N) is 1. The van der Waals surface area contributed by atoms with Crippen LogP contribution >= 0.6 is 11.8 Å². The fourth-order valence-corrected chi connectivity index (χ4v) is 2.21. The van der Waals surface area contributed by atoms with Crippen LogP contribution in [-0.2, 0) is 9.53 Å². The highest BCUT2D eigenvalue weighted by atomic mass is 32.2. The minimum atomic E-state index is -0.424. The molecule has 0 spiro atoms. The number of nitrogens with zero attached hydrogens (tertiary/aromatic N) is 1. The molecule has 0 saturated heterocycles. The lowest BCUT2D eigenvalue weighted by molar-refractivity contribution is -0.137. The summed E-state index contributed by atoms with van der Waals surface area (Å²) in [6, 6.07) is 10.9. The largest absolute Gasteiger partial charge is 0.463 e. The first kappa shape index (κ1) is 15.1. The van der Waals surface area contributed by atoms with Crippen LogP contribution in [0.5, 0.6) is 0 Å². The molecule has 0 saturated carbocycles. The molecular weight excluding hydrogens is 288 g/mol. The van der Waals surface area contributed by atoms with Crippen LogP contribution in [0.4, 0.5) is 0 Å². The Morgan fingerprint density at radius 1 is 1.38 bits per heavy atom. The van der Waals surface area contributed by atoms with Crippen molar-refractivity contribution in [1.82, 2.24) is 9.97 Å². The topological polar surface area (TPSA) is 72.0 Å². The molecule has 0 bridgehead atoms. The second kappa shape index (κ2) is 7.44.